The summed E-state index contributed by atoms with van der Waals surface area (Å²) in [6.45, 7) is 2.74. The molecule has 0 atom stereocenters. The van der Waals surface area contributed by atoms with Crippen molar-refractivity contribution in [3.63, 3.8) is 0 Å². The molecule has 1 heterocycles. The van der Waals surface area contributed by atoms with Crippen molar-refractivity contribution in [1.29, 1.82) is 0 Å². The van der Waals surface area contributed by atoms with Crippen LogP contribution in [0, 0.1) is 0 Å². The average molecular weight is 324 g/mol. The number of sulfonamides is 1. The van der Waals surface area contributed by atoms with Crippen molar-refractivity contribution >= 4 is 27.0 Å². The van der Waals surface area contributed by atoms with Crippen LogP contribution in [0.1, 0.15) is 18.1 Å². The molecular weight excluding hydrogens is 304 g/mol. The first kappa shape index (κ1) is 16.0. The normalized spacial score (nSPS) is 11.6. The molecule has 6 heteroatoms. The molecule has 0 bridgehead atoms. The Morgan fingerprint density at radius 1 is 1.19 bits per heavy atom. The van der Waals surface area contributed by atoms with Gasteiger partial charge in [0.15, 0.2) is 0 Å². The molecule has 0 saturated heterocycles. The van der Waals surface area contributed by atoms with E-state index in [1.54, 1.807) is 13.1 Å². The van der Waals surface area contributed by atoms with Crippen molar-refractivity contribution in [3.8, 4) is 0 Å². The lowest BCUT2D eigenvalue weighted by atomic mass is 10.1. The van der Waals surface area contributed by atoms with Crippen LogP contribution >= 0.6 is 11.3 Å². The molecule has 0 fully saturated rings. The van der Waals surface area contributed by atoms with Gasteiger partial charge in [0.2, 0.25) is 0 Å². The molecule has 2 rings (SSSR count). The molecule has 0 aliphatic rings. The van der Waals surface area contributed by atoms with Crippen LogP contribution in [0.5, 0.6) is 0 Å². The third-order valence-corrected chi connectivity index (χ3v) is 6.58. The maximum atomic E-state index is 12.6. The third-order valence-electron chi connectivity index (χ3n) is 3.33. The van der Waals surface area contributed by atoms with E-state index in [1.807, 2.05) is 36.7 Å². The highest BCUT2D eigenvalue weighted by atomic mass is 32.2. The zero-order valence-corrected chi connectivity index (χ0v) is 14.1. The SMILES string of the molecule is CCc1ccc(N(C)S(=O)(=O)c2cc(CNC)cs2)cc1. The topological polar surface area (TPSA) is 49.4 Å². The van der Waals surface area contributed by atoms with Gasteiger partial charge in [-0.15, -0.1) is 11.3 Å². The van der Waals surface area contributed by atoms with Gasteiger partial charge in [0.25, 0.3) is 10.0 Å². The molecule has 2 aromatic rings. The fourth-order valence-electron chi connectivity index (χ4n) is 2.00. The molecule has 21 heavy (non-hydrogen) atoms. The molecule has 0 amide bonds. The summed E-state index contributed by atoms with van der Waals surface area (Å²) in [5, 5.41) is 4.89. The lowest BCUT2D eigenvalue weighted by Crippen LogP contribution is -2.25. The fourth-order valence-corrected chi connectivity index (χ4v) is 4.57. The van der Waals surface area contributed by atoms with Crippen LogP contribution in [0.15, 0.2) is 39.9 Å². The number of anilines is 1. The number of hydrogen-bond acceptors (Lipinski definition) is 4. The van der Waals surface area contributed by atoms with Gasteiger partial charge in [0, 0.05) is 13.6 Å². The van der Waals surface area contributed by atoms with Crippen LogP contribution in [-0.2, 0) is 23.0 Å². The van der Waals surface area contributed by atoms with E-state index in [1.165, 1.54) is 21.2 Å². The van der Waals surface area contributed by atoms with Gasteiger partial charge in [-0.1, -0.05) is 19.1 Å². The van der Waals surface area contributed by atoms with Crippen LogP contribution in [0.4, 0.5) is 5.69 Å². The highest BCUT2D eigenvalue weighted by Crippen LogP contribution is 2.27. The largest absolute Gasteiger partial charge is 0.316 e. The fraction of sp³-hybridized carbons (Fsp3) is 0.333. The Balaban J connectivity index is 2.28. The second-order valence-corrected chi connectivity index (χ2v) is 7.90. The molecule has 1 aromatic carbocycles. The zero-order valence-electron chi connectivity index (χ0n) is 12.5. The van der Waals surface area contributed by atoms with Crippen LogP contribution in [0.25, 0.3) is 0 Å². The van der Waals surface area contributed by atoms with E-state index >= 15 is 0 Å². The minimum atomic E-state index is -3.49. The molecule has 0 aliphatic carbocycles. The molecule has 0 radical (unpaired) electrons. The van der Waals surface area contributed by atoms with Crippen molar-refractivity contribution in [2.24, 2.45) is 0 Å². The second-order valence-electron chi connectivity index (χ2n) is 4.80. The van der Waals surface area contributed by atoms with E-state index in [2.05, 4.69) is 12.2 Å². The van der Waals surface area contributed by atoms with Gasteiger partial charge in [-0.25, -0.2) is 8.42 Å². The Morgan fingerprint density at radius 3 is 2.43 bits per heavy atom. The maximum Gasteiger partial charge on any atom is 0.273 e. The van der Waals surface area contributed by atoms with Crippen LogP contribution in [-0.4, -0.2) is 22.5 Å². The summed E-state index contributed by atoms with van der Waals surface area (Å²) < 4.78 is 26.9. The number of nitrogens with zero attached hydrogens (tertiary/aromatic N) is 1. The van der Waals surface area contributed by atoms with Crippen molar-refractivity contribution in [3.05, 3.63) is 46.8 Å². The molecule has 114 valence electrons. The van der Waals surface area contributed by atoms with Crippen LogP contribution in [0.3, 0.4) is 0 Å². The van der Waals surface area contributed by atoms with Crippen molar-refractivity contribution in [2.45, 2.75) is 24.1 Å². The number of nitrogens with one attached hydrogen (secondary N) is 1. The quantitative estimate of drug-likeness (QED) is 0.889. The zero-order chi connectivity index (χ0) is 15.5. The molecule has 1 aromatic heterocycles. The van der Waals surface area contributed by atoms with Crippen LogP contribution < -0.4 is 9.62 Å². The molecule has 1 N–H and O–H groups in total. The number of benzene rings is 1. The van der Waals surface area contributed by atoms with Crippen LogP contribution in [0.2, 0.25) is 0 Å². The molecule has 0 aliphatic heterocycles. The van der Waals surface area contributed by atoms with E-state index in [9.17, 15) is 8.42 Å². The van der Waals surface area contributed by atoms with Gasteiger partial charge in [0.05, 0.1) is 5.69 Å². The van der Waals surface area contributed by atoms with Gasteiger partial charge < -0.3 is 5.32 Å². The minimum absolute atomic E-state index is 0.370. The first-order valence-corrected chi connectivity index (χ1v) is 9.11. The van der Waals surface area contributed by atoms with Gasteiger partial charge in [-0.3, -0.25) is 4.31 Å². The monoisotopic (exact) mass is 324 g/mol. The highest BCUT2D eigenvalue weighted by Gasteiger charge is 2.23. The van der Waals surface area contributed by atoms with Gasteiger partial charge >= 0.3 is 0 Å². The maximum absolute atomic E-state index is 12.6. The summed E-state index contributed by atoms with van der Waals surface area (Å²) >= 11 is 1.26. The number of aryl methyl sites for hydroxylation is 1. The second kappa shape index (κ2) is 6.60. The number of rotatable bonds is 6. The Bertz CT molecular complexity index is 691. The molecule has 0 unspecified atom stereocenters. The Hall–Kier alpha value is -1.37. The average Bonchev–Trinajstić information content (AvgIpc) is 2.96. The molecule has 4 nitrogen and oxygen atoms in total. The van der Waals surface area contributed by atoms with Crippen molar-refractivity contribution < 1.29 is 8.42 Å². The predicted octanol–water partition coefficient (Wildman–Crippen LogP) is 2.86. The third kappa shape index (κ3) is 3.45. The van der Waals surface area contributed by atoms with Gasteiger partial charge in [-0.2, -0.15) is 0 Å². The summed E-state index contributed by atoms with van der Waals surface area (Å²) in [5.74, 6) is 0. The Labute approximate surface area is 130 Å². The lowest BCUT2D eigenvalue weighted by Gasteiger charge is -2.18. The van der Waals surface area contributed by atoms with Crippen molar-refractivity contribution in [2.75, 3.05) is 18.4 Å². The van der Waals surface area contributed by atoms with E-state index < -0.39 is 10.0 Å². The van der Waals surface area contributed by atoms with E-state index in [0.29, 0.717) is 16.4 Å². The summed E-state index contributed by atoms with van der Waals surface area (Å²) in [4.78, 5) is 0. The lowest BCUT2D eigenvalue weighted by molar-refractivity contribution is 0.596. The summed E-state index contributed by atoms with van der Waals surface area (Å²) in [6, 6.07) is 9.34. The molecule has 0 spiro atoms. The van der Waals surface area contributed by atoms with E-state index in [0.717, 1.165) is 12.0 Å². The van der Waals surface area contributed by atoms with Crippen molar-refractivity contribution in [1.82, 2.24) is 5.32 Å². The molecule has 0 saturated carbocycles. The number of hydrogen-bond donors (Lipinski definition) is 1. The van der Waals surface area contributed by atoms with Gasteiger partial charge in [-0.05, 0) is 48.2 Å². The summed E-state index contributed by atoms with van der Waals surface area (Å²) in [6.07, 6.45) is 0.940. The van der Waals surface area contributed by atoms with Gasteiger partial charge in [0.1, 0.15) is 4.21 Å². The number of thiophene rings is 1. The summed E-state index contributed by atoms with van der Waals surface area (Å²) in [5.41, 5.74) is 2.85. The first-order valence-electron chi connectivity index (χ1n) is 6.79. The Morgan fingerprint density at radius 2 is 1.86 bits per heavy atom. The highest BCUT2D eigenvalue weighted by molar-refractivity contribution is 7.94. The standard InChI is InChI=1S/C15H20N2O2S2/c1-4-12-5-7-14(8-6-12)17(3)21(18,19)15-9-13(10-16-2)11-20-15/h5-9,11,16H,4,10H2,1-3H3. The predicted molar refractivity (Wildman–Crippen MR) is 88.5 cm³/mol. The smallest absolute Gasteiger partial charge is 0.273 e. The van der Waals surface area contributed by atoms with E-state index in [-0.39, 0.29) is 0 Å². The first-order chi connectivity index (χ1) is 9.98. The summed E-state index contributed by atoms with van der Waals surface area (Å²) in [7, 11) is -0.0535. The Kier molecular flexibility index (Phi) is 5.03. The minimum Gasteiger partial charge on any atom is -0.316 e. The van der Waals surface area contributed by atoms with E-state index in [4.69, 9.17) is 0 Å². The molecular formula is C15H20N2O2S2.